The van der Waals surface area contributed by atoms with Gasteiger partial charge in [-0.25, -0.2) is 0 Å². The standard InChI is InChI=1S/C17H23NO4/c1-12-6-7-13(2)14(11-12)15(19)8-9-16(20)18(3)10-4-5-17(21)22/h6-7,11H,4-5,8-10H2,1-3H3,(H,21,22). The van der Waals surface area contributed by atoms with E-state index in [4.69, 9.17) is 5.11 Å². The Balaban J connectivity index is 2.47. The summed E-state index contributed by atoms with van der Waals surface area (Å²) in [6.07, 6.45) is 0.781. The van der Waals surface area contributed by atoms with E-state index in [2.05, 4.69) is 0 Å². The number of carboxylic acid groups (broad SMARTS) is 1. The molecule has 0 saturated heterocycles. The quantitative estimate of drug-likeness (QED) is 0.749. The molecule has 5 heteroatoms. The minimum absolute atomic E-state index is 0.0338. The number of carbonyl (C=O) groups excluding carboxylic acids is 2. The predicted octanol–water partition coefficient (Wildman–Crippen LogP) is 2.59. The van der Waals surface area contributed by atoms with E-state index in [1.54, 1.807) is 7.05 Å². The van der Waals surface area contributed by atoms with E-state index < -0.39 is 5.97 Å². The van der Waals surface area contributed by atoms with Gasteiger partial charge in [-0.1, -0.05) is 17.7 Å². The first-order valence-electron chi connectivity index (χ1n) is 7.37. The average Bonchev–Trinajstić information content (AvgIpc) is 2.46. The molecule has 1 aromatic rings. The molecule has 0 aliphatic rings. The lowest BCUT2D eigenvalue weighted by Gasteiger charge is -2.16. The largest absolute Gasteiger partial charge is 0.481 e. The highest BCUT2D eigenvalue weighted by Crippen LogP contribution is 2.14. The van der Waals surface area contributed by atoms with Crippen LogP contribution in [0.4, 0.5) is 0 Å². The number of hydrogen-bond acceptors (Lipinski definition) is 3. The van der Waals surface area contributed by atoms with Gasteiger partial charge in [0.15, 0.2) is 5.78 Å². The van der Waals surface area contributed by atoms with E-state index in [1.165, 1.54) is 4.90 Å². The van der Waals surface area contributed by atoms with Gasteiger partial charge in [-0.15, -0.1) is 0 Å². The number of benzene rings is 1. The molecule has 0 aliphatic carbocycles. The number of hydrogen-bond donors (Lipinski definition) is 1. The number of rotatable bonds is 8. The maximum absolute atomic E-state index is 12.2. The summed E-state index contributed by atoms with van der Waals surface area (Å²) in [5.74, 6) is -1.04. The molecule has 0 radical (unpaired) electrons. The van der Waals surface area contributed by atoms with Gasteiger partial charge >= 0.3 is 5.97 Å². The van der Waals surface area contributed by atoms with E-state index in [0.29, 0.717) is 18.5 Å². The van der Waals surface area contributed by atoms with E-state index >= 15 is 0 Å². The van der Waals surface area contributed by atoms with Gasteiger partial charge in [0.25, 0.3) is 0 Å². The van der Waals surface area contributed by atoms with Gasteiger partial charge in [0, 0.05) is 38.4 Å². The van der Waals surface area contributed by atoms with Crippen molar-refractivity contribution in [3.05, 3.63) is 34.9 Å². The molecule has 0 heterocycles. The summed E-state index contributed by atoms with van der Waals surface area (Å²) in [7, 11) is 1.63. The lowest BCUT2D eigenvalue weighted by Crippen LogP contribution is -2.28. The second-order valence-corrected chi connectivity index (χ2v) is 5.55. The Hall–Kier alpha value is -2.17. The van der Waals surface area contributed by atoms with E-state index in [1.807, 2.05) is 32.0 Å². The SMILES string of the molecule is Cc1ccc(C)c(C(=O)CCC(=O)N(C)CCCC(=O)O)c1. The second-order valence-electron chi connectivity index (χ2n) is 5.55. The number of Topliss-reactive ketones (excluding diaryl/α,β-unsaturated/α-hetero) is 1. The fraction of sp³-hybridized carbons (Fsp3) is 0.471. The molecule has 0 spiro atoms. The van der Waals surface area contributed by atoms with Gasteiger partial charge in [0.1, 0.15) is 0 Å². The van der Waals surface area contributed by atoms with Crippen molar-refractivity contribution in [2.45, 2.75) is 39.5 Å². The Morgan fingerprint density at radius 3 is 2.41 bits per heavy atom. The Morgan fingerprint density at radius 2 is 1.77 bits per heavy atom. The number of aliphatic carboxylic acids is 1. The molecular weight excluding hydrogens is 282 g/mol. The van der Waals surface area contributed by atoms with Gasteiger partial charge in [-0.3, -0.25) is 14.4 Å². The number of amides is 1. The normalized spacial score (nSPS) is 10.3. The van der Waals surface area contributed by atoms with Crippen LogP contribution in [0.25, 0.3) is 0 Å². The Labute approximate surface area is 130 Å². The molecule has 1 rings (SSSR count). The molecule has 0 atom stereocenters. The lowest BCUT2D eigenvalue weighted by molar-refractivity contribution is -0.138. The summed E-state index contributed by atoms with van der Waals surface area (Å²) in [5.41, 5.74) is 2.60. The molecular formula is C17H23NO4. The van der Waals surface area contributed by atoms with Gasteiger partial charge < -0.3 is 10.0 Å². The third-order valence-corrected chi connectivity index (χ3v) is 3.57. The van der Waals surface area contributed by atoms with Gasteiger partial charge in [-0.2, -0.15) is 0 Å². The maximum Gasteiger partial charge on any atom is 0.303 e. The Bertz CT molecular complexity index is 566. The predicted molar refractivity (Wildman–Crippen MR) is 84.0 cm³/mol. The molecule has 120 valence electrons. The van der Waals surface area contributed by atoms with Crippen molar-refractivity contribution in [3.8, 4) is 0 Å². The molecule has 1 amide bonds. The lowest BCUT2D eigenvalue weighted by atomic mass is 9.99. The van der Waals surface area contributed by atoms with Crippen LogP contribution < -0.4 is 0 Å². The van der Waals surface area contributed by atoms with Gasteiger partial charge in [-0.05, 0) is 31.9 Å². The number of carbonyl (C=O) groups is 3. The zero-order chi connectivity index (χ0) is 16.7. The van der Waals surface area contributed by atoms with Crippen molar-refractivity contribution in [2.75, 3.05) is 13.6 Å². The topological polar surface area (TPSA) is 74.7 Å². The van der Waals surface area contributed by atoms with Crippen molar-refractivity contribution >= 4 is 17.7 Å². The third kappa shape index (κ3) is 5.68. The minimum Gasteiger partial charge on any atom is -0.481 e. The summed E-state index contributed by atoms with van der Waals surface area (Å²) < 4.78 is 0. The smallest absolute Gasteiger partial charge is 0.303 e. The summed E-state index contributed by atoms with van der Waals surface area (Å²) in [6, 6.07) is 5.70. The summed E-state index contributed by atoms with van der Waals surface area (Å²) in [5, 5.41) is 8.57. The molecule has 1 N–H and O–H groups in total. The fourth-order valence-corrected chi connectivity index (χ4v) is 2.17. The molecule has 0 aromatic heterocycles. The fourth-order valence-electron chi connectivity index (χ4n) is 2.17. The number of carboxylic acids is 1. The first-order valence-corrected chi connectivity index (χ1v) is 7.37. The maximum atomic E-state index is 12.2. The Morgan fingerprint density at radius 1 is 1.09 bits per heavy atom. The van der Waals surface area contributed by atoms with E-state index in [9.17, 15) is 14.4 Å². The first kappa shape index (κ1) is 17.9. The molecule has 0 saturated carbocycles. The summed E-state index contributed by atoms with van der Waals surface area (Å²) in [6.45, 7) is 4.20. The monoisotopic (exact) mass is 305 g/mol. The summed E-state index contributed by atoms with van der Waals surface area (Å²) >= 11 is 0. The van der Waals surface area contributed by atoms with Crippen LogP contribution in [0.15, 0.2) is 18.2 Å². The van der Waals surface area contributed by atoms with Crippen LogP contribution in [0.2, 0.25) is 0 Å². The second kappa shape index (κ2) is 8.32. The van der Waals surface area contributed by atoms with Crippen LogP contribution in [0.1, 0.15) is 47.2 Å². The number of aryl methyl sites for hydroxylation is 2. The van der Waals surface area contributed by atoms with Gasteiger partial charge in [0.2, 0.25) is 5.91 Å². The van der Waals surface area contributed by atoms with Crippen LogP contribution in [-0.2, 0) is 9.59 Å². The van der Waals surface area contributed by atoms with Crippen molar-refractivity contribution < 1.29 is 19.5 Å². The van der Waals surface area contributed by atoms with Crippen LogP contribution in [0.3, 0.4) is 0 Å². The molecule has 1 aromatic carbocycles. The van der Waals surface area contributed by atoms with Crippen molar-refractivity contribution in [2.24, 2.45) is 0 Å². The Kier molecular flexibility index (Phi) is 6.76. The third-order valence-electron chi connectivity index (χ3n) is 3.57. The van der Waals surface area contributed by atoms with Gasteiger partial charge in [0.05, 0.1) is 0 Å². The van der Waals surface area contributed by atoms with Crippen LogP contribution in [-0.4, -0.2) is 41.3 Å². The van der Waals surface area contributed by atoms with E-state index in [-0.39, 0.29) is 31.0 Å². The van der Waals surface area contributed by atoms with Crippen LogP contribution in [0, 0.1) is 13.8 Å². The van der Waals surface area contributed by atoms with Crippen LogP contribution >= 0.6 is 0 Å². The van der Waals surface area contributed by atoms with Crippen molar-refractivity contribution in [3.63, 3.8) is 0 Å². The average molecular weight is 305 g/mol. The van der Waals surface area contributed by atoms with Crippen LogP contribution in [0.5, 0.6) is 0 Å². The minimum atomic E-state index is -0.869. The highest BCUT2D eigenvalue weighted by Gasteiger charge is 2.14. The first-order chi connectivity index (χ1) is 10.3. The number of ketones is 1. The molecule has 5 nitrogen and oxygen atoms in total. The number of nitrogens with zero attached hydrogens (tertiary/aromatic N) is 1. The molecule has 0 aliphatic heterocycles. The molecule has 0 fully saturated rings. The summed E-state index contributed by atoms with van der Waals surface area (Å²) in [4.78, 5) is 36.1. The van der Waals surface area contributed by atoms with Crippen molar-refractivity contribution in [1.29, 1.82) is 0 Å². The molecule has 0 bridgehead atoms. The molecule has 22 heavy (non-hydrogen) atoms. The zero-order valence-corrected chi connectivity index (χ0v) is 13.4. The zero-order valence-electron chi connectivity index (χ0n) is 13.4. The van der Waals surface area contributed by atoms with Crippen molar-refractivity contribution in [1.82, 2.24) is 4.90 Å². The van der Waals surface area contributed by atoms with E-state index in [0.717, 1.165) is 11.1 Å². The highest BCUT2D eigenvalue weighted by atomic mass is 16.4. The molecule has 0 unspecified atom stereocenters. The highest BCUT2D eigenvalue weighted by molar-refractivity contribution is 5.99.